The van der Waals surface area contributed by atoms with Crippen LogP contribution in [0.2, 0.25) is 0 Å². The number of nitrogens with zero attached hydrogens (tertiary/aromatic N) is 1. The van der Waals surface area contributed by atoms with Crippen molar-refractivity contribution in [3.05, 3.63) is 64.8 Å². The lowest BCUT2D eigenvalue weighted by molar-refractivity contribution is -0.155. The molecular weight excluding hydrogens is 446 g/mol. The number of hydrogen-bond donors (Lipinski definition) is 2. The lowest BCUT2D eigenvalue weighted by Crippen LogP contribution is -2.47. The minimum atomic E-state index is -4.32. The summed E-state index contributed by atoms with van der Waals surface area (Å²) in [5.41, 5.74) is 4.51. The number of rotatable bonds is 9. The van der Waals surface area contributed by atoms with E-state index in [1.54, 1.807) is 0 Å². The van der Waals surface area contributed by atoms with Crippen LogP contribution in [0.3, 0.4) is 0 Å². The van der Waals surface area contributed by atoms with Crippen molar-refractivity contribution in [2.75, 3.05) is 32.9 Å². The highest BCUT2D eigenvalue weighted by molar-refractivity contribution is 5.85. The monoisotopic (exact) mass is 477 g/mol. The first-order valence-electron chi connectivity index (χ1n) is 11.7. The number of benzene rings is 2. The van der Waals surface area contributed by atoms with Gasteiger partial charge in [-0.05, 0) is 68.1 Å². The van der Waals surface area contributed by atoms with E-state index in [1.165, 1.54) is 4.90 Å². The molecule has 2 atom stereocenters. The van der Waals surface area contributed by atoms with Crippen LogP contribution in [0, 0.1) is 6.92 Å². The second kappa shape index (κ2) is 10.4. The molecule has 2 aromatic carbocycles. The molecule has 1 aliphatic rings. The Kier molecular flexibility index (Phi) is 7.48. The van der Waals surface area contributed by atoms with Crippen LogP contribution in [-0.2, 0) is 6.42 Å². The fourth-order valence-electron chi connectivity index (χ4n) is 4.90. The minimum Gasteiger partial charge on any atom is -0.492 e. The predicted octanol–water partition coefficient (Wildman–Crippen LogP) is 5.70. The molecule has 0 spiro atoms. The summed E-state index contributed by atoms with van der Waals surface area (Å²) in [5.74, 6) is 0.616. The Balaban J connectivity index is 1.69. The number of hydrogen-bond acceptors (Lipinski definition) is 3. The number of H-pyrrole nitrogens is 1. The number of nitrogens with one attached hydrogen (secondary N) is 2. The Morgan fingerprint density at radius 2 is 1.94 bits per heavy atom. The Morgan fingerprint density at radius 3 is 2.71 bits per heavy atom. The molecule has 0 saturated carbocycles. The standard InChI is InChI=1S/C26H31F4N3O/c1-17-12-19(15-20(13-17)34-11-10-31-9-5-8-27)25-24-22(21-6-3-4-7-23(21)32-24)14-18(2)33(25)16-26(28,29)30/h3-4,6-7,12-13,15,18,25,31-32H,5,8-11,14,16H2,1-2H3/t18-,25?/m1/s1. The fourth-order valence-corrected chi connectivity index (χ4v) is 4.90. The zero-order chi connectivity index (χ0) is 24.3. The summed E-state index contributed by atoms with van der Waals surface area (Å²) in [6, 6.07) is 12.7. The van der Waals surface area contributed by atoms with E-state index in [0.717, 1.165) is 33.3 Å². The predicted molar refractivity (Wildman–Crippen MR) is 126 cm³/mol. The second-order valence-electron chi connectivity index (χ2n) is 9.03. The van der Waals surface area contributed by atoms with E-state index in [1.807, 2.05) is 56.3 Å². The van der Waals surface area contributed by atoms with Crippen LogP contribution in [0.25, 0.3) is 10.9 Å². The van der Waals surface area contributed by atoms with Crippen molar-refractivity contribution < 1.29 is 22.3 Å². The fraction of sp³-hybridized carbons (Fsp3) is 0.462. The quantitative estimate of drug-likeness (QED) is 0.307. The molecule has 8 heteroatoms. The summed E-state index contributed by atoms with van der Waals surface area (Å²) >= 11 is 0. The van der Waals surface area contributed by atoms with Gasteiger partial charge in [0.1, 0.15) is 12.4 Å². The highest BCUT2D eigenvalue weighted by atomic mass is 19.4. The number of alkyl halides is 4. The number of ether oxygens (including phenoxy) is 1. The number of aryl methyl sites for hydroxylation is 1. The Labute approximate surface area is 197 Å². The Morgan fingerprint density at radius 1 is 1.15 bits per heavy atom. The summed E-state index contributed by atoms with van der Waals surface area (Å²) in [6.45, 7) is 3.96. The van der Waals surface area contributed by atoms with Crippen LogP contribution in [0.1, 0.15) is 41.8 Å². The maximum absolute atomic E-state index is 13.6. The molecule has 0 amide bonds. The molecule has 1 aliphatic heterocycles. The molecule has 0 radical (unpaired) electrons. The zero-order valence-corrected chi connectivity index (χ0v) is 19.5. The molecule has 0 fully saturated rings. The van der Waals surface area contributed by atoms with Gasteiger partial charge in [-0.3, -0.25) is 9.29 Å². The normalized spacial score (nSPS) is 18.9. The van der Waals surface area contributed by atoms with E-state index in [0.29, 0.717) is 38.3 Å². The van der Waals surface area contributed by atoms with Gasteiger partial charge in [0.05, 0.1) is 19.3 Å². The van der Waals surface area contributed by atoms with Crippen molar-refractivity contribution in [3.8, 4) is 5.75 Å². The second-order valence-corrected chi connectivity index (χ2v) is 9.03. The van der Waals surface area contributed by atoms with Gasteiger partial charge in [-0.2, -0.15) is 13.2 Å². The van der Waals surface area contributed by atoms with E-state index in [-0.39, 0.29) is 12.7 Å². The first-order valence-corrected chi connectivity index (χ1v) is 11.7. The van der Waals surface area contributed by atoms with E-state index in [9.17, 15) is 17.6 Å². The molecule has 2 heterocycles. The molecule has 1 unspecified atom stereocenters. The van der Waals surface area contributed by atoms with Crippen molar-refractivity contribution >= 4 is 10.9 Å². The molecule has 2 N–H and O–H groups in total. The molecule has 184 valence electrons. The summed E-state index contributed by atoms with van der Waals surface area (Å²) in [5, 5.41) is 4.17. The molecule has 0 bridgehead atoms. The molecule has 1 aromatic heterocycles. The van der Waals surface area contributed by atoms with E-state index in [2.05, 4.69) is 10.3 Å². The first-order chi connectivity index (χ1) is 16.3. The van der Waals surface area contributed by atoms with Gasteiger partial charge in [0, 0.05) is 29.2 Å². The maximum Gasteiger partial charge on any atom is 0.401 e. The van der Waals surface area contributed by atoms with Gasteiger partial charge in [0.25, 0.3) is 0 Å². The van der Waals surface area contributed by atoms with Gasteiger partial charge in [-0.25, -0.2) is 0 Å². The van der Waals surface area contributed by atoms with Crippen molar-refractivity contribution in [3.63, 3.8) is 0 Å². The highest BCUT2D eigenvalue weighted by Crippen LogP contribution is 2.42. The third kappa shape index (κ3) is 5.55. The lowest BCUT2D eigenvalue weighted by Gasteiger charge is -2.41. The lowest BCUT2D eigenvalue weighted by atomic mass is 9.88. The maximum atomic E-state index is 13.6. The Hall–Kier alpha value is -2.58. The molecule has 0 aliphatic carbocycles. The minimum absolute atomic E-state index is 0.289. The van der Waals surface area contributed by atoms with Crippen molar-refractivity contribution in [1.82, 2.24) is 15.2 Å². The molecule has 4 rings (SSSR count). The van der Waals surface area contributed by atoms with Crippen LogP contribution in [0.4, 0.5) is 17.6 Å². The molecular formula is C26H31F4N3O. The molecule has 34 heavy (non-hydrogen) atoms. The number of aromatic amines is 1. The van der Waals surface area contributed by atoms with Crippen molar-refractivity contribution in [2.45, 2.75) is 44.9 Å². The van der Waals surface area contributed by atoms with E-state index in [4.69, 9.17) is 4.74 Å². The average Bonchev–Trinajstić information content (AvgIpc) is 3.13. The smallest absolute Gasteiger partial charge is 0.401 e. The van der Waals surface area contributed by atoms with Crippen LogP contribution in [0.15, 0.2) is 42.5 Å². The number of para-hydroxylation sites is 1. The third-order valence-electron chi connectivity index (χ3n) is 6.30. The van der Waals surface area contributed by atoms with Crippen LogP contribution >= 0.6 is 0 Å². The number of fused-ring (bicyclic) bond motifs is 3. The SMILES string of the molecule is Cc1cc(OCCNCCCF)cc(C2c3[nH]c4ccccc4c3C[C@@H](C)N2CC(F)(F)F)c1. The Bertz CT molecular complexity index is 1110. The van der Waals surface area contributed by atoms with Gasteiger partial charge in [-0.1, -0.05) is 24.3 Å². The van der Waals surface area contributed by atoms with Gasteiger partial charge in [-0.15, -0.1) is 0 Å². The molecule has 3 aromatic rings. The van der Waals surface area contributed by atoms with Crippen LogP contribution < -0.4 is 10.1 Å². The summed E-state index contributed by atoms with van der Waals surface area (Å²) < 4.78 is 59.0. The van der Waals surface area contributed by atoms with E-state index >= 15 is 0 Å². The number of aromatic nitrogens is 1. The van der Waals surface area contributed by atoms with Crippen LogP contribution in [-0.4, -0.2) is 55.0 Å². The van der Waals surface area contributed by atoms with Crippen molar-refractivity contribution in [2.24, 2.45) is 0 Å². The van der Waals surface area contributed by atoms with Crippen molar-refractivity contribution in [1.29, 1.82) is 0 Å². The molecule has 0 saturated heterocycles. The summed E-state index contributed by atoms with van der Waals surface area (Å²) in [4.78, 5) is 4.96. The van der Waals surface area contributed by atoms with Gasteiger partial charge in [0.15, 0.2) is 0 Å². The van der Waals surface area contributed by atoms with Gasteiger partial charge < -0.3 is 15.0 Å². The number of halogens is 4. The highest BCUT2D eigenvalue weighted by Gasteiger charge is 2.42. The van der Waals surface area contributed by atoms with Gasteiger partial charge in [0.2, 0.25) is 0 Å². The van der Waals surface area contributed by atoms with Crippen LogP contribution in [0.5, 0.6) is 5.75 Å². The largest absolute Gasteiger partial charge is 0.492 e. The van der Waals surface area contributed by atoms with Gasteiger partial charge >= 0.3 is 6.18 Å². The molecule has 4 nitrogen and oxygen atoms in total. The summed E-state index contributed by atoms with van der Waals surface area (Å²) in [7, 11) is 0. The topological polar surface area (TPSA) is 40.3 Å². The zero-order valence-electron chi connectivity index (χ0n) is 19.5. The summed E-state index contributed by atoms with van der Waals surface area (Å²) in [6.07, 6.45) is -3.31. The average molecular weight is 478 g/mol. The first kappa shape index (κ1) is 24.5. The van der Waals surface area contributed by atoms with E-state index < -0.39 is 18.8 Å². The third-order valence-corrected chi connectivity index (χ3v) is 6.30.